The number of fused-ring (bicyclic) bond motifs is 1. The molecule has 2 heterocycles. The predicted molar refractivity (Wildman–Crippen MR) is 67.6 cm³/mol. The quantitative estimate of drug-likeness (QED) is 0.859. The molecule has 90 valence electrons. The van der Waals surface area contributed by atoms with E-state index in [4.69, 9.17) is 10.7 Å². The van der Waals surface area contributed by atoms with E-state index in [9.17, 15) is 0 Å². The van der Waals surface area contributed by atoms with Crippen LogP contribution in [0.1, 0.15) is 43.1 Å². The molecule has 0 aliphatic heterocycles. The van der Waals surface area contributed by atoms with Gasteiger partial charge in [-0.05, 0) is 25.0 Å². The molecule has 17 heavy (non-hydrogen) atoms. The minimum Gasteiger partial charge on any atom is -0.325 e. The molecule has 0 amide bonds. The van der Waals surface area contributed by atoms with Gasteiger partial charge in [0.15, 0.2) is 5.65 Å². The second-order valence-corrected chi connectivity index (χ2v) is 4.86. The van der Waals surface area contributed by atoms with E-state index in [0.717, 1.165) is 16.9 Å². The third-order valence-corrected chi connectivity index (χ3v) is 3.74. The molecule has 4 heteroatoms. The van der Waals surface area contributed by atoms with Gasteiger partial charge in [0.2, 0.25) is 0 Å². The lowest BCUT2D eigenvalue weighted by Crippen LogP contribution is -2.04. The van der Waals surface area contributed by atoms with Crippen LogP contribution < -0.4 is 5.73 Å². The van der Waals surface area contributed by atoms with Crippen LogP contribution in [0.4, 0.5) is 0 Å². The van der Waals surface area contributed by atoms with E-state index in [1.165, 1.54) is 31.5 Å². The molecule has 2 N–H and O–H groups in total. The zero-order valence-electron chi connectivity index (χ0n) is 10.2. The van der Waals surface area contributed by atoms with Gasteiger partial charge >= 0.3 is 0 Å². The summed E-state index contributed by atoms with van der Waals surface area (Å²) < 4.78 is 2.14. The highest BCUT2D eigenvalue weighted by atomic mass is 15.1. The highest BCUT2D eigenvalue weighted by molar-refractivity contribution is 5.71. The Hall–Kier alpha value is -1.42. The predicted octanol–water partition coefficient (Wildman–Crippen LogP) is 2.08. The van der Waals surface area contributed by atoms with Crippen LogP contribution >= 0.6 is 0 Å². The van der Waals surface area contributed by atoms with Crippen LogP contribution in [0.2, 0.25) is 0 Å². The molecule has 0 aromatic carbocycles. The number of pyridine rings is 1. The molecule has 0 unspecified atom stereocenters. The SMILES string of the molecule is Cn1c(C2CCCC2)nc2ccc(CN)nc21. The smallest absolute Gasteiger partial charge is 0.160 e. The van der Waals surface area contributed by atoms with Crippen LogP contribution in [0, 0.1) is 0 Å². The van der Waals surface area contributed by atoms with E-state index in [1.807, 2.05) is 12.1 Å². The molecule has 0 bridgehead atoms. The number of aromatic nitrogens is 3. The molecular weight excluding hydrogens is 212 g/mol. The first-order valence-electron chi connectivity index (χ1n) is 6.32. The van der Waals surface area contributed by atoms with E-state index in [2.05, 4.69) is 16.6 Å². The number of nitrogens with zero attached hydrogens (tertiary/aromatic N) is 3. The van der Waals surface area contributed by atoms with Gasteiger partial charge in [0.05, 0.1) is 5.69 Å². The number of hydrogen-bond acceptors (Lipinski definition) is 3. The van der Waals surface area contributed by atoms with Gasteiger partial charge in [0.25, 0.3) is 0 Å². The van der Waals surface area contributed by atoms with Gasteiger partial charge in [0.1, 0.15) is 11.3 Å². The van der Waals surface area contributed by atoms with Gasteiger partial charge in [-0.3, -0.25) is 0 Å². The van der Waals surface area contributed by atoms with E-state index < -0.39 is 0 Å². The Labute approximate surface area is 101 Å². The number of rotatable bonds is 2. The van der Waals surface area contributed by atoms with E-state index in [1.54, 1.807) is 0 Å². The highest BCUT2D eigenvalue weighted by Crippen LogP contribution is 2.34. The lowest BCUT2D eigenvalue weighted by atomic mass is 10.1. The molecule has 2 aromatic heterocycles. The minimum atomic E-state index is 0.486. The molecular formula is C13H18N4. The van der Waals surface area contributed by atoms with Crippen LogP contribution in [-0.2, 0) is 13.6 Å². The van der Waals surface area contributed by atoms with E-state index in [-0.39, 0.29) is 0 Å². The van der Waals surface area contributed by atoms with Gasteiger partial charge in [-0.25, -0.2) is 9.97 Å². The van der Waals surface area contributed by atoms with Gasteiger partial charge in [0, 0.05) is 19.5 Å². The first kappa shape index (κ1) is 10.7. The van der Waals surface area contributed by atoms with Crippen LogP contribution in [0.3, 0.4) is 0 Å². The number of imidazole rings is 1. The largest absolute Gasteiger partial charge is 0.325 e. The average molecular weight is 230 g/mol. The summed E-state index contributed by atoms with van der Waals surface area (Å²) >= 11 is 0. The summed E-state index contributed by atoms with van der Waals surface area (Å²) in [6.45, 7) is 0.486. The molecule has 1 saturated carbocycles. The van der Waals surface area contributed by atoms with E-state index >= 15 is 0 Å². The molecule has 4 nitrogen and oxygen atoms in total. The first-order valence-corrected chi connectivity index (χ1v) is 6.32. The van der Waals surface area contributed by atoms with Crippen LogP contribution in [0.5, 0.6) is 0 Å². The monoisotopic (exact) mass is 230 g/mol. The highest BCUT2D eigenvalue weighted by Gasteiger charge is 2.22. The Kier molecular flexibility index (Phi) is 2.59. The summed E-state index contributed by atoms with van der Waals surface area (Å²) in [5, 5.41) is 0. The number of aryl methyl sites for hydroxylation is 1. The van der Waals surface area contributed by atoms with Crippen molar-refractivity contribution >= 4 is 11.2 Å². The van der Waals surface area contributed by atoms with Crippen molar-refractivity contribution in [3.63, 3.8) is 0 Å². The topological polar surface area (TPSA) is 56.7 Å². The van der Waals surface area contributed by atoms with Crippen molar-refractivity contribution in [2.24, 2.45) is 12.8 Å². The molecule has 0 atom stereocenters. The Morgan fingerprint density at radius 2 is 2.06 bits per heavy atom. The van der Waals surface area contributed by atoms with Crippen molar-refractivity contribution in [3.05, 3.63) is 23.7 Å². The third kappa shape index (κ3) is 1.72. The maximum Gasteiger partial charge on any atom is 0.160 e. The molecule has 3 rings (SSSR count). The molecule has 0 radical (unpaired) electrons. The fraction of sp³-hybridized carbons (Fsp3) is 0.538. The van der Waals surface area contributed by atoms with Crippen molar-refractivity contribution < 1.29 is 0 Å². The lowest BCUT2D eigenvalue weighted by molar-refractivity contribution is 0.637. The molecule has 0 spiro atoms. The van der Waals surface area contributed by atoms with Gasteiger partial charge in [-0.15, -0.1) is 0 Å². The van der Waals surface area contributed by atoms with Crippen molar-refractivity contribution in [3.8, 4) is 0 Å². The third-order valence-electron chi connectivity index (χ3n) is 3.74. The van der Waals surface area contributed by atoms with Crippen LogP contribution in [0.25, 0.3) is 11.2 Å². The van der Waals surface area contributed by atoms with Crippen molar-refractivity contribution in [1.29, 1.82) is 0 Å². The second-order valence-electron chi connectivity index (χ2n) is 4.86. The number of nitrogens with two attached hydrogens (primary N) is 1. The molecule has 1 aliphatic rings. The Morgan fingerprint density at radius 3 is 2.76 bits per heavy atom. The number of hydrogen-bond donors (Lipinski definition) is 1. The molecule has 1 fully saturated rings. The van der Waals surface area contributed by atoms with Crippen molar-refractivity contribution in [2.45, 2.75) is 38.1 Å². The molecule has 1 aliphatic carbocycles. The summed E-state index contributed by atoms with van der Waals surface area (Å²) in [6, 6.07) is 4.00. The molecule has 2 aromatic rings. The van der Waals surface area contributed by atoms with Gasteiger partial charge in [-0.1, -0.05) is 12.8 Å². The zero-order chi connectivity index (χ0) is 11.8. The van der Waals surface area contributed by atoms with Crippen molar-refractivity contribution in [1.82, 2.24) is 14.5 Å². The Morgan fingerprint density at radius 1 is 1.29 bits per heavy atom. The summed E-state index contributed by atoms with van der Waals surface area (Å²) in [6.07, 6.45) is 5.19. The van der Waals surface area contributed by atoms with Gasteiger partial charge in [-0.2, -0.15) is 0 Å². The summed E-state index contributed by atoms with van der Waals surface area (Å²) in [4.78, 5) is 9.29. The fourth-order valence-corrected chi connectivity index (χ4v) is 2.78. The van der Waals surface area contributed by atoms with Crippen LogP contribution in [-0.4, -0.2) is 14.5 Å². The van der Waals surface area contributed by atoms with Crippen LogP contribution in [0.15, 0.2) is 12.1 Å². The maximum atomic E-state index is 5.63. The summed E-state index contributed by atoms with van der Waals surface area (Å²) in [5.41, 5.74) is 8.52. The van der Waals surface area contributed by atoms with Gasteiger partial charge < -0.3 is 10.3 Å². The Balaban J connectivity index is 2.11. The van der Waals surface area contributed by atoms with E-state index in [0.29, 0.717) is 12.5 Å². The fourth-order valence-electron chi connectivity index (χ4n) is 2.78. The van der Waals surface area contributed by atoms with Crippen molar-refractivity contribution in [2.75, 3.05) is 0 Å². The minimum absolute atomic E-state index is 0.486. The average Bonchev–Trinajstić information content (AvgIpc) is 2.97. The first-order chi connectivity index (χ1) is 8.29. The summed E-state index contributed by atoms with van der Waals surface area (Å²) in [5.74, 6) is 1.81. The summed E-state index contributed by atoms with van der Waals surface area (Å²) in [7, 11) is 2.07. The Bertz CT molecular complexity index is 538. The zero-order valence-corrected chi connectivity index (χ0v) is 10.2. The maximum absolute atomic E-state index is 5.63. The second kappa shape index (κ2) is 4.11. The lowest BCUT2D eigenvalue weighted by Gasteiger charge is -2.08. The normalized spacial score (nSPS) is 17.1. The standard InChI is InChI=1S/C13H18N4/c1-17-12(9-4-2-3-5-9)16-11-7-6-10(8-14)15-13(11)17/h6-7,9H,2-5,8,14H2,1H3. The molecule has 0 saturated heterocycles.